The predicted molar refractivity (Wildman–Crippen MR) is 84.3 cm³/mol. The Morgan fingerprint density at radius 3 is 2.86 bits per heavy atom. The highest BCUT2D eigenvalue weighted by molar-refractivity contribution is 6.05. The molecule has 0 aliphatic carbocycles. The zero-order valence-electron chi connectivity index (χ0n) is 12.2. The van der Waals surface area contributed by atoms with Crippen molar-refractivity contribution >= 4 is 17.3 Å². The Hall–Kier alpha value is -2.49. The van der Waals surface area contributed by atoms with E-state index in [9.17, 15) is 4.79 Å². The molecule has 0 aromatic heterocycles. The van der Waals surface area contributed by atoms with Gasteiger partial charge in [0.25, 0.3) is 5.91 Å². The van der Waals surface area contributed by atoms with Crippen LogP contribution in [0.1, 0.15) is 21.5 Å². The van der Waals surface area contributed by atoms with Crippen molar-refractivity contribution in [2.75, 3.05) is 24.3 Å². The fourth-order valence-corrected chi connectivity index (χ4v) is 2.59. The summed E-state index contributed by atoms with van der Waals surface area (Å²) in [6.07, 6.45) is 1.02. The number of hydrogen-bond acceptors (Lipinski definition) is 3. The van der Waals surface area contributed by atoms with E-state index in [1.54, 1.807) is 7.11 Å². The molecule has 0 spiro atoms. The van der Waals surface area contributed by atoms with Crippen LogP contribution in [0.3, 0.4) is 0 Å². The quantitative estimate of drug-likeness (QED) is 0.908. The van der Waals surface area contributed by atoms with Crippen LogP contribution in [-0.2, 0) is 6.42 Å². The van der Waals surface area contributed by atoms with Crippen LogP contribution in [-0.4, -0.2) is 19.6 Å². The average Bonchev–Trinajstić information content (AvgIpc) is 2.94. The number of nitrogens with one attached hydrogen (secondary N) is 2. The van der Waals surface area contributed by atoms with Crippen molar-refractivity contribution in [1.82, 2.24) is 0 Å². The Balaban J connectivity index is 1.78. The van der Waals surface area contributed by atoms with Crippen LogP contribution in [0.25, 0.3) is 0 Å². The molecule has 0 saturated carbocycles. The van der Waals surface area contributed by atoms with Crippen molar-refractivity contribution in [2.45, 2.75) is 13.3 Å². The summed E-state index contributed by atoms with van der Waals surface area (Å²) in [5.74, 6) is 0.714. The second kappa shape index (κ2) is 5.48. The first kappa shape index (κ1) is 13.5. The lowest BCUT2D eigenvalue weighted by molar-refractivity contribution is 0.102. The number of methoxy groups -OCH3 is 1. The van der Waals surface area contributed by atoms with Gasteiger partial charge in [-0.3, -0.25) is 4.79 Å². The van der Waals surface area contributed by atoms with E-state index in [0.717, 1.165) is 35.7 Å². The van der Waals surface area contributed by atoms with Gasteiger partial charge < -0.3 is 15.4 Å². The molecule has 0 unspecified atom stereocenters. The number of anilines is 2. The monoisotopic (exact) mass is 282 g/mol. The van der Waals surface area contributed by atoms with E-state index in [-0.39, 0.29) is 5.91 Å². The number of hydrogen-bond donors (Lipinski definition) is 2. The normalized spacial score (nSPS) is 12.5. The topological polar surface area (TPSA) is 50.4 Å². The van der Waals surface area contributed by atoms with Gasteiger partial charge in [-0.15, -0.1) is 0 Å². The SMILES string of the molecule is COc1ccc(NC(=O)c2ccc3c(c2)NCC3)cc1C. The highest BCUT2D eigenvalue weighted by atomic mass is 16.5. The summed E-state index contributed by atoms with van der Waals surface area (Å²) >= 11 is 0. The number of rotatable bonds is 3. The second-order valence-electron chi connectivity index (χ2n) is 5.19. The third-order valence-corrected chi connectivity index (χ3v) is 3.73. The van der Waals surface area contributed by atoms with Gasteiger partial charge in [0.1, 0.15) is 5.75 Å². The van der Waals surface area contributed by atoms with E-state index in [1.807, 2.05) is 43.3 Å². The molecule has 0 fully saturated rings. The molecular formula is C17H18N2O2. The summed E-state index contributed by atoms with van der Waals surface area (Å²) in [6.45, 7) is 2.89. The van der Waals surface area contributed by atoms with Crippen LogP contribution in [0.2, 0.25) is 0 Å². The number of aryl methyl sites for hydroxylation is 1. The van der Waals surface area contributed by atoms with Gasteiger partial charge in [-0.1, -0.05) is 6.07 Å². The number of carbonyl (C=O) groups is 1. The molecule has 0 radical (unpaired) electrons. The minimum absolute atomic E-state index is 0.101. The minimum Gasteiger partial charge on any atom is -0.496 e. The van der Waals surface area contributed by atoms with Crippen molar-refractivity contribution in [3.63, 3.8) is 0 Å². The van der Waals surface area contributed by atoms with E-state index >= 15 is 0 Å². The number of ether oxygens (including phenoxy) is 1. The molecule has 4 nitrogen and oxygen atoms in total. The number of benzene rings is 2. The molecule has 2 aromatic carbocycles. The molecule has 2 aromatic rings. The number of carbonyl (C=O) groups excluding carboxylic acids is 1. The number of amides is 1. The van der Waals surface area contributed by atoms with Gasteiger partial charge in [0.2, 0.25) is 0 Å². The predicted octanol–water partition coefficient (Wildman–Crippen LogP) is 3.22. The van der Waals surface area contributed by atoms with E-state index < -0.39 is 0 Å². The zero-order chi connectivity index (χ0) is 14.8. The zero-order valence-corrected chi connectivity index (χ0v) is 12.2. The molecule has 4 heteroatoms. The van der Waals surface area contributed by atoms with Crippen LogP contribution >= 0.6 is 0 Å². The summed E-state index contributed by atoms with van der Waals surface area (Å²) in [5, 5.41) is 6.21. The van der Waals surface area contributed by atoms with Crippen LogP contribution in [0.4, 0.5) is 11.4 Å². The first-order chi connectivity index (χ1) is 10.2. The van der Waals surface area contributed by atoms with Crippen molar-refractivity contribution in [3.8, 4) is 5.75 Å². The smallest absolute Gasteiger partial charge is 0.255 e. The van der Waals surface area contributed by atoms with Gasteiger partial charge >= 0.3 is 0 Å². The van der Waals surface area contributed by atoms with Crippen molar-refractivity contribution in [3.05, 3.63) is 53.1 Å². The molecule has 21 heavy (non-hydrogen) atoms. The molecule has 1 heterocycles. The molecule has 1 amide bonds. The molecule has 1 aliphatic rings. The molecule has 0 saturated heterocycles. The fraction of sp³-hybridized carbons (Fsp3) is 0.235. The maximum atomic E-state index is 12.3. The highest BCUT2D eigenvalue weighted by Crippen LogP contribution is 2.25. The van der Waals surface area contributed by atoms with Gasteiger partial charge in [0.15, 0.2) is 0 Å². The van der Waals surface area contributed by atoms with Crippen molar-refractivity contribution in [2.24, 2.45) is 0 Å². The second-order valence-corrected chi connectivity index (χ2v) is 5.19. The summed E-state index contributed by atoms with van der Waals surface area (Å²) in [4.78, 5) is 12.3. The third-order valence-electron chi connectivity index (χ3n) is 3.73. The van der Waals surface area contributed by atoms with E-state index in [4.69, 9.17) is 4.74 Å². The maximum Gasteiger partial charge on any atom is 0.255 e. The average molecular weight is 282 g/mol. The lowest BCUT2D eigenvalue weighted by atomic mass is 10.1. The lowest BCUT2D eigenvalue weighted by Gasteiger charge is -2.10. The van der Waals surface area contributed by atoms with E-state index in [2.05, 4.69) is 10.6 Å². The van der Waals surface area contributed by atoms with Gasteiger partial charge in [0.05, 0.1) is 7.11 Å². The molecule has 108 valence electrons. The fourth-order valence-electron chi connectivity index (χ4n) is 2.59. The van der Waals surface area contributed by atoms with Crippen LogP contribution < -0.4 is 15.4 Å². The van der Waals surface area contributed by atoms with Crippen LogP contribution in [0.15, 0.2) is 36.4 Å². The van der Waals surface area contributed by atoms with E-state index in [1.165, 1.54) is 5.56 Å². The van der Waals surface area contributed by atoms with Gasteiger partial charge in [-0.2, -0.15) is 0 Å². The van der Waals surface area contributed by atoms with E-state index in [0.29, 0.717) is 5.56 Å². The molecular weight excluding hydrogens is 264 g/mol. The van der Waals surface area contributed by atoms with Gasteiger partial charge in [-0.25, -0.2) is 0 Å². The summed E-state index contributed by atoms with van der Waals surface area (Å²) in [7, 11) is 1.64. The molecule has 2 N–H and O–H groups in total. The first-order valence-corrected chi connectivity index (χ1v) is 7.00. The Morgan fingerprint density at radius 2 is 2.10 bits per heavy atom. The van der Waals surface area contributed by atoms with Gasteiger partial charge in [-0.05, 0) is 54.8 Å². The van der Waals surface area contributed by atoms with Crippen molar-refractivity contribution in [1.29, 1.82) is 0 Å². The summed E-state index contributed by atoms with van der Waals surface area (Å²) < 4.78 is 5.22. The standard InChI is InChI=1S/C17H18N2O2/c1-11-9-14(5-6-16(11)21-2)19-17(20)13-4-3-12-7-8-18-15(12)10-13/h3-6,9-10,18H,7-8H2,1-2H3,(H,19,20). The lowest BCUT2D eigenvalue weighted by Crippen LogP contribution is -2.12. The minimum atomic E-state index is -0.101. The van der Waals surface area contributed by atoms with Crippen molar-refractivity contribution < 1.29 is 9.53 Å². The Kier molecular flexibility index (Phi) is 3.52. The molecule has 3 rings (SSSR count). The van der Waals surface area contributed by atoms with Gasteiger partial charge in [0, 0.05) is 23.5 Å². The summed E-state index contributed by atoms with van der Waals surface area (Å²) in [5.41, 5.74) is 4.76. The maximum absolute atomic E-state index is 12.3. The van der Waals surface area contributed by atoms with Crippen LogP contribution in [0, 0.1) is 6.92 Å². The largest absolute Gasteiger partial charge is 0.496 e. The third kappa shape index (κ3) is 2.70. The highest BCUT2D eigenvalue weighted by Gasteiger charge is 2.13. The molecule has 0 bridgehead atoms. The Labute approximate surface area is 124 Å². The molecule has 0 atom stereocenters. The first-order valence-electron chi connectivity index (χ1n) is 7.00. The molecule has 1 aliphatic heterocycles. The summed E-state index contributed by atoms with van der Waals surface area (Å²) in [6, 6.07) is 11.4. The Morgan fingerprint density at radius 1 is 1.24 bits per heavy atom. The number of fused-ring (bicyclic) bond motifs is 1. The Bertz CT molecular complexity index is 695. The van der Waals surface area contributed by atoms with Crippen LogP contribution in [0.5, 0.6) is 5.75 Å².